The molecule has 0 aliphatic heterocycles. The van der Waals surface area contributed by atoms with Gasteiger partial charge in [-0.15, -0.1) is 0 Å². The van der Waals surface area contributed by atoms with Crippen molar-refractivity contribution in [2.75, 3.05) is 0 Å². The Morgan fingerprint density at radius 2 is 2.21 bits per heavy atom. The molecule has 0 saturated heterocycles. The van der Waals surface area contributed by atoms with Gasteiger partial charge in [-0.3, -0.25) is 9.78 Å². The van der Waals surface area contributed by atoms with Gasteiger partial charge in [0, 0.05) is 24.7 Å². The Labute approximate surface area is 85.4 Å². The van der Waals surface area contributed by atoms with Gasteiger partial charge >= 0.3 is 0 Å². The third-order valence-corrected chi connectivity index (χ3v) is 2.14. The van der Waals surface area contributed by atoms with Gasteiger partial charge in [-0.1, -0.05) is 13.0 Å². The van der Waals surface area contributed by atoms with Crippen molar-refractivity contribution in [3.05, 3.63) is 30.1 Å². The number of hydrogen-bond acceptors (Lipinski definition) is 2. The van der Waals surface area contributed by atoms with Crippen molar-refractivity contribution in [2.45, 2.75) is 39.0 Å². The first kappa shape index (κ1) is 10.9. The Morgan fingerprint density at radius 3 is 2.86 bits per heavy atom. The molecule has 0 aliphatic carbocycles. The van der Waals surface area contributed by atoms with Crippen molar-refractivity contribution in [1.82, 2.24) is 4.98 Å². The summed E-state index contributed by atoms with van der Waals surface area (Å²) in [6, 6.07) is 5.90. The van der Waals surface area contributed by atoms with Crippen LogP contribution in [0, 0.1) is 0 Å². The molecule has 0 aromatic carbocycles. The second kappa shape index (κ2) is 6.30. The molecule has 2 nitrogen and oxygen atoms in total. The van der Waals surface area contributed by atoms with Crippen molar-refractivity contribution in [3.63, 3.8) is 0 Å². The molecule has 2 heteroatoms. The minimum absolute atomic E-state index is 0.378. The smallest absolute Gasteiger partial charge is 0.132 e. The van der Waals surface area contributed by atoms with Crippen molar-refractivity contribution in [3.8, 4) is 0 Å². The Morgan fingerprint density at radius 1 is 1.36 bits per heavy atom. The van der Waals surface area contributed by atoms with Crippen molar-refractivity contribution < 1.29 is 4.79 Å². The lowest BCUT2D eigenvalue weighted by Crippen LogP contribution is -1.98. The fourth-order valence-electron chi connectivity index (χ4n) is 1.42. The van der Waals surface area contributed by atoms with E-state index in [4.69, 9.17) is 0 Å². The summed E-state index contributed by atoms with van der Waals surface area (Å²) < 4.78 is 0. The molecule has 0 radical (unpaired) electrons. The fraction of sp³-hybridized carbons (Fsp3) is 0.500. The summed E-state index contributed by atoms with van der Waals surface area (Å²) >= 11 is 0. The van der Waals surface area contributed by atoms with Crippen LogP contribution in [0.15, 0.2) is 24.4 Å². The molecule has 0 N–H and O–H groups in total. The number of hydrogen-bond donors (Lipinski definition) is 0. The second-order valence-electron chi connectivity index (χ2n) is 3.46. The Balaban J connectivity index is 2.19. The third-order valence-electron chi connectivity index (χ3n) is 2.14. The van der Waals surface area contributed by atoms with Gasteiger partial charge in [0.25, 0.3) is 0 Å². The van der Waals surface area contributed by atoms with Gasteiger partial charge in [0.2, 0.25) is 0 Å². The molecular weight excluding hydrogens is 174 g/mol. The predicted octanol–water partition coefficient (Wildman–Crippen LogP) is 2.77. The molecular formula is C12H17NO. The molecule has 0 spiro atoms. The maximum absolute atomic E-state index is 11.2. The Hall–Kier alpha value is -1.18. The van der Waals surface area contributed by atoms with Gasteiger partial charge < -0.3 is 0 Å². The van der Waals surface area contributed by atoms with E-state index >= 15 is 0 Å². The summed E-state index contributed by atoms with van der Waals surface area (Å²) in [6.07, 6.45) is 6.02. The zero-order chi connectivity index (χ0) is 10.2. The lowest BCUT2D eigenvalue weighted by atomic mass is 10.1. The molecule has 1 aromatic rings. The minimum Gasteiger partial charge on any atom is -0.300 e. The minimum atomic E-state index is 0.378. The number of rotatable bonds is 6. The molecule has 1 aromatic heterocycles. The van der Waals surface area contributed by atoms with Crippen molar-refractivity contribution >= 4 is 5.78 Å². The molecule has 1 rings (SSSR count). The molecule has 1 heterocycles. The van der Waals surface area contributed by atoms with E-state index < -0.39 is 0 Å². The number of pyridine rings is 1. The van der Waals surface area contributed by atoms with E-state index in [0.717, 1.165) is 31.4 Å². The quantitative estimate of drug-likeness (QED) is 0.692. The molecule has 0 saturated carbocycles. The summed E-state index contributed by atoms with van der Waals surface area (Å²) in [6.45, 7) is 2.04. The van der Waals surface area contributed by atoms with Crippen LogP contribution in [0.3, 0.4) is 0 Å². The van der Waals surface area contributed by atoms with Gasteiger partial charge in [0.05, 0.1) is 0 Å². The number of aromatic nitrogens is 1. The van der Waals surface area contributed by atoms with Crippen molar-refractivity contribution in [2.24, 2.45) is 0 Å². The Bertz CT molecular complexity index is 269. The van der Waals surface area contributed by atoms with E-state index in [-0.39, 0.29) is 0 Å². The van der Waals surface area contributed by atoms with E-state index in [1.165, 1.54) is 0 Å². The third kappa shape index (κ3) is 4.17. The van der Waals surface area contributed by atoms with Gasteiger partial charge in [0.15, 0.2) is 0 Å². The maximum Gasteiger partial charge on any atom is 0.132 e. The first-order chi connectivity index (χ1) is 6.83. The number of carbonyl (C=O) groups excluding carboxylic acids is 1. The van der Waals surface area contributed by atoms with Crippen LogP contribution < -0.4 is 0 Å². The lowest BCUT2D eigenvalue weighted by molar-refractivity contribution is -0.119. The van der Waals surface area contributed by atoms with Gasteiger partial charge in [-0.25, -0.2) is 0 Å². The molecule has 0 aliphatic rings. The fourth-order valence-corrected chi connectivity index (χ4v) is 1.42. The van der Waals surface area contributed by atoms with E-state index in [0.29, 0.717) is 12.2 Å². The largest absolute Gasteiger partial charge is 0.300 e. The molecule has 0 amide bonds. The standard InChI is InChI=1S/C12H17NO/c1-2-6-12(14)9-5-8-11-7-3-4-10-13-11/h3-4,7,10H,2,5-6,8-9H2,1H3. The van der Waals surface area contributed by atoms with Crippen LogP contribution in [0.25, 0.3) is 0 Å². The first-order valence-electron chi connectivity index (χ1n) is 5.24. The van der Waals surface area contributed by atoms with E-state index in [2.05, 4.69) is 4.98 Å². The van der Waals surface area contributed by atoms with Gasteiger partial charge in [-0.2, -0.15) is 0 Å². The number of ketones is 1. The van der Waals surface area contributed by atoms with Crippen LogP contribution in [-0.4, -0.2) is 10.8 Å². The predicted molar refractivity (Wildman–Crippen MR) is 57.1 cm³/mol. The topological polar surface area (TPSA) is 30.0 Å². The normalized spacial score (nSPS) is 10.1. The highest BCUT2D eigenvalue weighted by molar-refractivity contribution is 5.78. The number of nitrogens with zero attached hydrogens (tertiary/aromatic N) is 1. The lowest BCUT2D eigenvalue weighted by Gasteiger charge is -1.99. The van der Waals surface area contributed by atoms with Crippen LogP contribution in [0.1, 0.15) is 38.3 Å². The van der Waals surface area contributed by atoms with Crippen LogP contribution in [-0.2, 0) is 11.2 Å². The highest BCUT2D eigenvalue weighted by atomic mass is 16.1. The highest BCUT2D eigenvalue weighted by Crippen LogP contribution is 2.03. The molecule has 14 heavy (non-hydrogen) atoms. The monoisotopic (exact) mass is 191 g/mol. The van der Waals surface area contributed by atoms with Gasteiger partial charge in [-0.05, 0) is 31.4 Å². The summed E-state index contributed by atoms with van der Waals surface area (Å²) in [5.74, 6) is 0.378. The maximum atomic E-state index is 11.2. The number of carbonyl (C=O) groups is 1. The molecule has 0 atom stereocenters. The average molecular weight is 191 g/mol. The molecule has 0 unspecified atom stereocenters. The summed E-state index contributed by atoms with van der Waals surface area (Å²) in [4.78, 5) is 15.4. The summed E-state index contributed by atoms with van der Waals surface area (Å²) in [7, 11) is 0. The van der Waals surface area contributed by atoms with Gasteiger partial charge in [0.1, 0.15) is 5.78 Å². The Kier molecular flexibility index (Phi) is 4.90. The second-order valence-corrected chi connectivity index (χ2v) is 3.46. The molecule has 76 valence electrons. The highest BCUT2D eigenvalue weighted by Gasteiger charge is 2.00. The van der Waals surface area contributed by atoms with Crippen LogP contribution in [0.5, 0.6) is 0 Å². The van der Waals surface area contributed by atoms with Crippen molar-refractivity contribution in [1.29, 1.82) is 0 Å². The zero-order valence-electron chi connectivity index (χ0n) is 8.70. The van der Waals surface area contributed by atoms with E-state index in [1.54, 1.807) is 6.20 Å². The zero-order valence-corrected chi connectivity index (χ0v) is 8.70. The summed E-state index contributed by atoms with van der Waals surface area (Å²) in [5, 5.41) is 0. The summed E-state index contributed by atoms with van der Waals surface area (Å²) in [5.41, 5.74) is 1.08. The van der Waals surface area contributed by atoms with Crippen LogP contribution in [0.4, 0.5) is 0 Å². The van der Waals surface area contributed by atoms with Crippen LogP contribution in [0.2, 0.25) is 0 Å². The van der Waals surface area contributed by atoms with E-state index in [1.807, 2.05) is 25.1 Å². The number of aryl methyl sites for hydroxylation is 1. The SMILES string of the molecule is CCCC(=O)CCCc1ccccn1. The first-order valence-corrected chi connectivity index (χ1v) is 5.24. The average Bonchev–Trinajstić information content (AvgIpc) is 2.20. The number of Topliss-reactive ketones (excluding diaryl/α,β-unsaturated/α-hetero) is 1. The molecule has 0 fully saturated rings. The van der Waals surface area contributed by atoms with E-state index in [9.17, 15) is 4.79 Å². The molecule has 0 bridgehead atoms. The van der Waals surface area contributed by atoms with Crippen LogP contribution >= 0.6 is 0 Å².